The number of benzene rings is 1. The molecule has 1 aliphatic heterocycles. The minimum atomic E-state index is -0.714. The molecule has 1 aromatic carbocycles. The topological polar surface area (TPSA) is 40.5 Å². The summed E-state index contributed by atoms with van der Waals surface area (Å²) in [5.41, 5.74) is 1.80. The van der Waals surface area contributed by atoms with Crippen molar-refractivity contribution < 1.29 is 9.90 Å². The average molecular weight is 280 g/mol. The van der Waals surface area contributed by atoms with Gasteiger partial charge in [-0.2, -0.15) is 0 Å². The molecule has 0 saturated heterocycles. The van der Waals surface area contributed by atoms with Gasteiger partial charge in [0, 0.05) is 13.1 Å². The number of fused-ring (bicyclic) bond motifs is 2. The van der Waals surface area contributed by atoms with E-state index in [4.69, 9.17) is 11.6 Å². The molecule has 1 saturated carbocycles. The van der Waals surface area contributed by atoms with Crippen molar-refractivity contribution in [1.29, 1.82) is 0 Å². The Kier molecular flexibility index (Phi) is 3.17. The van der Waals surface area contributed by atoms with Gasteiger partial charge in [0.1, 0.15) is 0 Å². The number of aliphatic carboxylic acids is 1. The monoisotopic (exact) mass is 279 g/mol. The number of halogens is 1. The third-order valence-corrected chi connectivity index (χ3v) is 4.98. The molecule has 3 rings (SSSR count). The lowest BCUT2D eigenvalue weighted by molar-refractivity contribution is -0.140. The molecule has 102 valence electrons. The highest BCUT2D eigenvalue weighted by molar-refractivity contribution is 6.33. The van der Waals surface area contributed by atoms with Crippen LogP contribution in [0.4, 0.5) is 5.69 Å². The Morgan fingerprint density at radius 1 is 1.37 bits per heavy atom. The standard InChI is InChI=1S/C15H18ClNO2/c1-17-12-8-3-2-5-9(12)13(15(18)19)10-6-4-7-11(16)14(10)17/h4,6-7,9,12-13H,2-3,5,8H2,1H3,(H,18,19). The molecule has 1 aromatic rings. The van der Waals surface area contributed by atoms with Crippen molar-refractivity contribution in [3.8, 4) is 0 Å². The van der Waals surface area contributed by atoms with Gasteiger partial charge < -0.3 is 10.0 Å². The maximum Gasteiger partial charge on any atom is 0.311 e. The normalized spacial score (nSPS) is 29.6. The first kappa shape index (κ1) is 12.8. The van der Waals surface area contributed by atoms with Gasteiger partial charge in [-0.25, -0.2) is 0 Å². The first-order chi connectivity index (χ1) is 9.11. The van der Waals surface area contributed by atoms with Gasteiger partial charge in [0.15, 0.2) is 0 Å². The van der Waals surface area contributed by atoms with Gasteiger partial charge in [-0.1, -0.05) is 36.6 Å². The van der Waals surface area contributed by atoms with Gasteiger partial charge in [-0.15, -0.1) is 0 Å². The van der Waals surface area contributed by atoms with Crippen molar-refractivity contribution in [2.24, 2.45) is 5.92 Å². The third kappa shape index (κ3) is 1.91. The molecule has 1 N–H and O–H groups in total. The number of hydrogen-bond donors (Lipinski definition) is 1. The maximum absolute atomic E-state index is 11.7. The Hall–Kier alpha value is -1.22. The molecule has 1 fully saturated rings. The second-order valence-electron chi connectivity index (χ2n) is 5.62. The summed E-state index contributed by atoms with van der Waals surface area (Å²) in [7, 11) is 2.05. The van der Waals surface area contributed by atoms with Crippen LogP contribution in [0.1, 0.15) is 37.2 Å². The molecule has 1 aliphatic carbocycles. The van der Waals surface area contributed by atoms with Crippen molar-refractivity contribution in [2.75, 3.05) is 11.9 Å². The van der Waals surface area contributed by atoms with Crippen LogP contribution in [0.2, 0.25) is 5.02 Å². The van der Waals surface area contributed by atoms with Crippen molar-refractivity contribution in [3.63, 3.8) is 0 Å². The molecular weight excluding hydrogens is 262 g/mol. The van der Waals surface area contributed by atoms with E-state index in [-0.39, 0.29) is 5.92 Å². The van der Waals surface area contributed by atoms with Crippen LogP contribution < -0.4 is 4.90 Å². The van der Waals surface area contributed by atoms with E-state index in [1.165, 1.54) is 6.42 Å². The summed E-state index contributed by atoms with van der Waals surface area (Å²) in [5.74, 6) is -0.911. The second-order valence-corrected chi connectivity index (χ2v) is 6.03. The summed E-state index contributed by atoms with van der Waals surface area (Å²) in [5, 5.41) is 10.3. The largest absolute Gasteiger partial charge is 0.481 e. The Morgan fingerprint density at radius 3 is 2.84 bits per heavy atom. The smallest absolute Gasteiger partial charge is 0.311 e. The summed E-state index contributed by atoms with van der Waals surface area (Å²) in [6, 6.07) is 5.93. The molecule has 0 spiro atoms. The van der Waals surface area contributed by atoms with Crippen molar-refractivity contribution in [1.82, 2.24) is 0 Å². The fourth-order valence-corrected chi connectivity index (χ4v) is 4.19. The third-order valence-electron chi connectivity index (χ3n) is 4.68. The fourth-order valence-electron chi connectivity index (χ4n) is 3.88. The highest BCUT2D eigenvalue weighted by Gasteiger charge is 2.44. The molecule has 3 nitrogen and oxygen atoms in total. The number of nitrogens with zero attached hydrogens (tertiary/aromatic N) is 1. The van der Waals surface area contributed by atoms with Crippen LogP contribution >= 0.6 is 11.6 Å². The van der Waals surface area contributed by atoms with Crippen LogP contribution in [-0.2, 0) is 4.79 Å². The van der Waals surface area contributed by atoms with Gasteiger partial charge >= 0.3 is 5.97 Å². The number of carboxylic acids is 1. The molecule has 0 bridgehead atoms. The first-order valence-corrected chi connectivity index (χ1v) is 7.23. The Balaban J connectivity index is 2.16. The number of carboxylic acid groups (broad SMARTS) is 1. The zero-order valence-corrected chi connectivity index (χ0v) is 11.7. The second kappa shape index (κ2) is 4.71. The van der Waals surface area contributed by atoms with Gasteiger partial charge in [-0.3, -0.25) is 4.79 Å². The van der Waals surface area contributed by atoms with Crippen LogP contribution in [0.5, 0.6) is 0 Å². The fraction of sp³-hybridized carbons (Fsp3) is 0.533. The summed E-state index contributed by atoms with van der Waals surface area (Å²) >= 11 is 6.30. The van der Waals surface area contributed by atoms with Crippen LogP contribution in [0.25, 0.3) is 0 Å². The molecule has 3 unspecified atom stereocenters. The Bertz CT molecular complexity index is 517. The first-order valence-electron chi connectivity index (χ1n) is 6.85. The van der Waals surface area contributed by atoms with Crippen molar-refractivity contribution >= 4 is 23.3 Å². The SMILES string of the molecule is CN1c2c(Cl)cccc2C(C(=O)O)C2CCCCC21. The van der Waals surface area contributed by atoms with E-state index >= 15 is 0 Å². The van der Waals surface area contributed by atoms with E-state index in [0.29, 0.717) is 11.1 Å². The van der Waals surface area contributed by atoms with Crippen LogP contribution in [-0.4, -0.2) is 24.2 Å². The zero-order chi connectivity index (χ0) is 13.6. The zero-order valence-electron chi connectivity index (χ0n) is 11.0. The van der Waals surface area contributed by atoms with Gasteiger partial charge in [0.25, 0.3) is 0 Å². The molecule has 19 heavy (non-hydrogen) atoms. The summed E-state index contributed by atoms with van der Waals surface area (Å²) in [4.78, 5) is 13.9. The van der Waals surface area contributed by atoms with E-state index in [2.05, 4.69) is 4.90 Å². The summed E-state index contributed by atoms with van der Waals surface area (Å²) in [6.07, 6.45) is 4.37. The lowest BCUT2D eigenvalue weighted by Gasteiger charge is -2.47. The Labute approximate surface area is 118 Å². The van der Waals surface area contributed by atoms with Gasteiger partial charge in [0.2, 0.25) is 0 Å². The predicted molar refractivity (Wildman–Crippen MR) is 76.0 cm³/mol. The molecule has 0 amide bonds. The van der Waals surface area contributed by atoms with Crippen LogP contribution in [0, 0.1) is 5.92 Å². The number of carbonyl (C=O) groups is 1. The van der Waals surface area contributed by atoms with Crippen LogP contribution in [0.3, 0.4) is 0 Å². The molecule has 3 atom stereocenters. The lowest BCUT2D eigenvalue weighted by Crippen LogP contribution is -2.48. The van der Waals surface area contributed by atoms with Gasteiger partial charge in [-0.05, 0) is 30.4 Å². The van der Waals surface area contributed by atoms with E-state index in [0.717, 1.165) is 30.5 Å². The highest BCUT2D eigenvalue weighted by Crippen LogP contribution is 2.49. The van der Waals surface area contributed by atoms with Crippen molar-refractivity contribution in [3.05, 3.63) is 28.8 Å². The van der Waals surface area contributed by atoms with Crippen molar-refractivity contribution in [2.45, 2.75) is 37.6 Å². The highest BCUT2D eigenvalue weighted by atomic mass is 35.5. The molecular formula is C15H18ClNO2. The molecule has 4 heteroatoms. The maximum atomic E-state index is 11.7. The lowest BCUT2D eigenvalue weighted by atomic mass is 9.70. The van der Waals surface area contributed by atoms with Crippen LogP contribution in [0.15, 0.2) is 18.2 Å². The number of para-hydroxylation sites is 1. The summed E-state index contributed by atoms with van der Waals surface area (Å²) in [6.45, 7) is 0. The molecule has 1 heterocycles. The van der Waals surface area contributed by atoms with E-state index < -0.39 is 11.9 Å². The molecule has 0 aromatic heterocycles. The predicted octanol–water partition coefficient (Wildman–Crippen LogP) is 3.52. The number of hydrogen-bond acceptors (Lipinski definition) is 2. The average Bonchev–Trinajstić information content (AvgIpc) is 2.38. The number of rotatable bonds is 1. The number of anilines is 1. The minimum Gasteiger partial charge on any atom is -0.481 e. The summed E-state index contributed by atoms with van der Waals surface area (Å²) < 4.78 is 0. The molecule has 0 radical (unpaired) electrons. The minimum absolute atomic E-state index is 0.210. The molecule has 2 aliphatic rings. The van der Waals surface area contributed by atoms with E-state index in [9.17, 15) is 9.90 Å². The van der Waals surface area contributed by atoms with E-state index in [1.54, 1.807) is 0 Å². The quantitative estimate of drug-likeness (QED) is 0.855. The van der Waals surface area contributed by atoms with Gasteiger partial charge in [0.05, 0.1) is 16.6 Å². The van der Waals surface area contributed by atoms with E-state index in [1.807, 2.05) is 25.2 Å². The Morgan fingerprint density at radius 2 is 2.11 bits per heavy atom.